The predicted molar refractivity (Wildman–Crippen MR) is 153 cm³/mol. The van der Waals surface area contributed by atoms with Crippen LogP contribution in [0.3, 0.4) is 0 Å². The van der Waals surface area contributed by atoms with Crippen LogP contribution in [-0.4, -0.2) is 36.8 Å². The minimum atomic E-state index is -0.386. The Morgan fingerprint density at radius 1 is 0.897 bits per heavy atom. The second kappa shape index (κ2) is 11.2. The Hall–Kier alpha value is -4.99. The van der Waals surface area contributed by atoms with Crippen LogP contribution in [0.4, 0.5) is 22.1 Å². The first-order valence-electron chi connectivity index (χ1n) is 12.7. The van der Waals surface area contributed by atoms with Gasteiger partial charge >= 0.3 is 6.03 Å². The molecule has 0 saturated carbocycles. The van der Waals surface area contributed by atoms with E-state index in [1.54, 1.807) is 47.4 Å². The van der Waals surface area contributed by atoms with Gasteiger partial charge in [0.2, 0.25) is 0 Å². The molecule has 39 heavy (non-hydrogen) atoms. The number of pyridine rings is 1. The molecule has 2 aromatic carbocycles. The molecule has 0 saturated heterocycles. The van der Waals surface area contributed by atoms with Crippen molar-refractivity contribution in [3.63, 3.8) is 0 Å². The summed E-state index contributed by atoms with van der Waals surface area (Å²) in [6, 6.07) is 18.3. The third-order valence-electron chi connectivity index (χ3n) is 5.81. The van der Waals surface area contributed by atoms with Gasteiger partial charge in [0.1, 0.15) is 29.5 Å². The van der Waals surface area contributed by atoms with Gasteiger partial charge in [0.15, 0.2) is 0 Å². The van der Waals surface area contributed by atoms with Gasteiger partial charge in [-0.3, -0.25) is 5.32 Å². The minimum Gasteiger partial charge on any atom is -0.457 e. The lowest BCUT2D eigenvalue weighted by Gasteiger charge is -2.12. The van der Waals surface area contributed by atoms with E-state index >= 15 is 0 Å². The minimum absolute atomic E-state index is 0.184. The Morgan fingerprint density at radius 2 is 1.72 bits per heavy atom. The van der Waals surface area contributed by atoms with Crippen LogP contribution in [0, 0.1) is 0 Å². The van der Waals surface area contributed by atoms with Crippen molar-refractivity contribution < 1.29 is 9.53 Å². The number of ether oxygens (including phenoxy) is 1. The van der Waals surface area contributed by atoms with Crippen molar-refractivity contribution in [2.24, 2.45) is 0 Å². The lowest BCUT2D eigenvalue weighted by molar-refractivity contribution is 0.262. The molecule has 10 nitrogen and oxygen atoms in total. The van der Waals surface area contributed by atoms with Crippen LogP contribution in [0.5, 0.6) is 11.5 Å². The Bertz CT molecular complexity index is 1600. The molecule has 198 valence electrons. The van der Waals surface area contributed by atoms with Gasteiger partial charge in [-0.1, -0.05) is 13.8 Å². The summed E-state index contributed by atoms with van der Waals surface area (Å²) >= 11 is 0. The number of carbonyl (C=O) groups excluding carboxylic acids is 1. The number of urea groups is 1. The highest BCUT2D eigenvalue weighted by Gasteiger charge is 2.15. The van der Waals surface area contributed by atoms with Crippen LogP contribution in [-0.2, 0) is 0 Å². The molecule has 3 N–H and O–H groups in total. The molecule has 5 aromatic rings. The van der Waals surface area contributed by atoms with Gasteiger partial charge in [0.25, 0.3) is 0 Å². The molecular formula is C29H30N8O2. The number of hydrogen-bond acceptors (Lipinski definition) is 7. The zero-order valence-corrected chi connectivity index (χ0v) is 22.2. The zero-order chi connectivity index (χ0) is 27.4. The highest BCUT2D eigenvalue weighted by molar-refractivity contribution is 5.99. The number of rotatable bonds is 8. The van der Waals surface area contributed by atoms with Crippen molar-refractivity contribution in [3.05, 3.63) is 85.1 Å². The van der Waals surface area contributed by atoms with E-state index in [2.05, 4.69) is 44.7 Å². The molecule has 0 atom stereocenters. The van der Waals surface area contributed by atoms with E-state index in [-0.39, 0.29) is 18.0 Å². The number of nitrogens with zero attached hydrogens (tertiary/aromatic N) is 5. The Morgan fingerprint density at radius 3 is 2.49 bits per heavy atom. The molecule has 10 heteroatoms. The van der Waals surface area contributed by atoms with Gasteiger partial charge in [0, 0.05) is 41.6 Å². The largest absolute Gasteiger partial charge is 0.457 e. The lowest BCUT2D eigenvalue weighted by Crippen LogP contribution is -2.21. The maximum Gasteiger partial charge on any atom is 0.324 e. The number of carbonyl (C=O) groups is 1. The van der Waals surface area contributed by atoms with Crippen molar-refractivity contribution in [2.45, 2.75) is 39.7 Å². The summed E-state index contributed by atoms with van der Waals surface area (Å²) in [5.41, 5.74) is 3.11. The number of hydrogen-bond donors (Lipinski definition) is 3. The zero-order valence-electron chi connectivity index (χ0n) is 22.2. The maximum atomic E-state index is 12.9. The maximum absolute atomic E-state index is 12.9. The first-order valence-corrected chi connectivity index (χ1v) is 12.7. The van der Waals surface area contributed by atoms with Gasteiger partial charge in [-0.25, -0.2) is 24.4 Å². The number of amides is 2. The first kappa shape index (κ1) is 25.7. The molecule has 0 aliphatic heterocycles. The van der Waals surface area contributed by atoms with Crippen molar-refractivity contribution >= 4 is 34.3 Å². The summed E-state index contributed by atoms with van der Waals surface area (Å²) in [5.74, 6) is 2.79. The van der Waals surface area contributed by atoms with Crippen LogP contribution in [0.2, 0.25) is 0 Å². The average molecular weight is 523 g/mol. The van der Waals surface area contributed by atoms with E-state index in [4.69, 9.17) is 9.84 Å². The fourth-order valence-electron chi connectivity index (χ4n) is 3.94. The van der Waals surface area contributed by atoms with E-state index < -0.39 is 0 Å². The standard InChI is InChI=1S/C29H30N8O2/c1-18(2)26-15-28(37(36-26)22-7-10-25-20(13-22)16-30-17-32-25)35-29(38)34-21-5-8-23(9-6-21)39-24-11-12-31-27(14-24)33-19(3)4/h5-19H,1-4H3,(H,31,33)(H2,34,35,38). The Kier molecular flexibility index (Phi) is 7.35. The van der Waals surface area contributed by atoms with E-state index in [0.29, 0.717) is 23.0 Å². The van der Waals surface area contributed by atoms with Gasteiger partial charge in [-0.15, -0.1) is 0 Å². The van der Waals surface area contributed by atoms with E-state index in [1.807, 2.05) is 44.2 Å². The number of benzene rings is 2. The highest BCUT2D eigenvalue weighted by Crippen LogP contribution is 2.26. The molecule has 0 aliphatic rings. The fraction of sp³-hybridized carbons (Fsp3) is 0.207. The SMILES string of the molecule is CC(C)Nc1cc(Oc2ccc(NC(=O)Nc3cc(C(C)C)nn3-c3ccc4ncncc4c3)cc2)ccn1. The van der Waals surface area contributed by atoms with Crippen LogP contribution in [0.25, 0.3) is 16.6 Å². The number of nitrogens with one attached hydrogen (secondary N) is 3. The first-order chi connectivity index (χ1) is 18.8. The number of aromatic nitrogens is 5. The highest BCUT2D eigenvalue weighted by atomic mass is 16.5. The van der Waals surface area contributed by atoms with Crippen molar-refractivity contribution in [1.29, 1.82) is 0 Å². The topological polar surface area (TPSA) is 119 Å². The number of fused-ring (bicyclic) bond motifs is 1. The lowest BCUT2D eigenvalue weighted by atomic mass is 10.1. The molecule has 0 spiro atoms. The fourth-order valence-corrected chi connectivity index (χ4v) is 3.94. The Balaban J connectivity index is 1.28. The molecule has 5 rings (SSSR count). The normalized spacial score (nSPS) is 11.1. The van der Waals surface area contributed by atoms with E-state index in [9.17, 15) is 4.79 Å². The quantitative estimate of drug-likeness (QED) is 0.210. The van der Waals surface area contributed by atoms with Crippen LogP contribution < -0.4 is 20.7 Å². The molecule has 0 radical (unpaired) electrons. The molecule has 3 heterocycles. The molecule has 3 aromatic heterocycles. The average Bonchev–Trinajstić information content (AvgIpc) is 3.33. The molecular weight excluding hydrogens is 492 g/mol. The van der Waals surface area contributed by atoms with Gasteiger partial charge in [0.05, 0.1) is 16.9 Å². The molecule has 0 fully saturated rings. The van der Waals surface area contributed by atoms with E-state index in [0.717, 1.165) is 28.1 Å². The van der Waals surface area contributed by atoms with Gasteiger partial charge < -0.3 is 15.4 Å². The summed E-state index contributed by atoms with van der Waals surface area (Å²) in [6.45, 7) is 8.21. The molecule has 0 unspecified atom stereocenters. The second-order valence-electron chi connectivity index (χ2n) is 9.67. The third kappa shape index (κ3) is 6.30. The summed E-state index contributed by atoms with van der Waals surface area (Å²) in [6.07, 6.45) is 4.96. The van der Waals surface area contributed by atoms with Crippen LogP contribution >= 0.6 is 0 Å². The van der Waals surface area contributed by atoms with Crippen LogP contribution in [0.1, 0.15) is 39.3 Å². The second-order valence-corrected chi connectivity index (χ2v) is 9.67. The molecule has 0 aliphatic carbocycles. The van der Waals surface area contributed by atoms with Gasteiger partial charge in [-0.2, -0.15) is 5.10 Å². The van der Waals surface area contributed by atoms with Crippen molar-refractivity contribution in [3.8, 4) is 17.2 Å². The van der Waals surface area contributed by atoms with Crippen LogP contribution in [0.15, 0.2) is 79.4 Å². The summed E-state index contributed by atoms with van der Waals surface area (Å²) in [4.78, 5) is 25.6. The summed E-state index contributed by atoms with van der Waals surface area (Å²) in [5, 5.41) is 14.7. The van der Waals surface area contributed by atoms with Crippen molar-refractivity contribution in [1.82, 2.24) is 24.7 Å². The van der Waals surface area contributed by atoms with Gasteiger partial charge in [-0.05, 0) is 68.3 Å². The summed E-state index contributed by atoms with van der Waals surface area (Å²) < 4.78 is 7.67. The third-order valence-corrected chi connectivity index (χ3v) is 5.81. The Labute approximate surface area is 226 Å². The summed E-state index contributed by atoms with van der Waals surface area (Å²) in [7, 11) is 0. The van der Waals surface area contributed by atoms with E-state index in [1.165, 1.54) is 6.33 Å². The van der Waals surface area contributed by atoms with Crippen molar-refractivity contribution in [2.75, 3.05) is 16.0 Å². The predicted octanol–water partition coefficient (Wildman–Crippen LogP) is 6.59. The monoisotopic (exact) mass is 522 g/mol. The number of anilines is 3. The smallest absolute Gasteiger partial charge is 0.324 e. The molecule has 2 amide bonds. The molecule has 0 bridgehead atoms.